The largest absolute Gasteiger partial charge is 0.507 e. The molecule has 1 saturated heterocycles. The molecule has 3 heterocycles. The number of hydrogen-bond donors (Lipinski definition) is 1. The van der Waals surface area contributed by atoms with Crippen LogP contribution in [0.4, 0.5) is 0 Å². The summed E-state index contributed by atoms with van der Waals surface area (Å²) in [7, 11) is 5.81. The minimum atomic E-state index is -0.720. The van der Waals surface area contributed by atoms with Gasteiger partial charge in [-0.3, -0.25) is 14.6 Å². The van der Waals surface area contributed by atoms with Gasteiger partial charge in [-0.25, -0.2) is 0 Å². The summed E-state index contributed by atoms with van der Waals surface area (Å²) in [5.41, 5.74) is 2.11. The van der Waals surface area contributed by atoms with Crippen molar-refractivity contribution >= 4 is 28.4 Å². The number of aromatic nitrogens is 2. The number of carbonyl (C=O) groups excluding carboxylic acids is 2. The maximum absolute atomic E-state index is 13.1. The maximum Gasteiger partial charge on any atom is 0.295 e. The second-order valence-electron chi connectivity index (χ2n) is 8.07. The molecule has 0 aliphatic carbocycles. The highest BCUT2D eigenvalue weighted by atomic mass is 16.3. The van der Waals surface area contributed by atoms with Crippen LogP contribution in [0, 0.1) is 0 Å². The lowest BCUT2D eigenvalue weighted by atomic mass is 9.98. The number of fused-ring (bicyclic) bond motifs is 1. The molecule has 1 aliphatic rings. The molecule has 4 rings (SSSR count). The zero-order valence-electron chi connectivity index (χ0n) is 17.9. The van der Waals surface area contributed by atoms with E-state index in [0.29, 0.717) is 24.2 Å². The van der Waals surface area contributed by atoms with E-state index < -0.39 is 17.7 Å². The Morgan fingerprint density at radius 2 is 1.87 bits per heavy atom. The van der Waals surface area contributed by atoms with Crippen molar-refractivity contribution in [2.45, 2.75) is 12.5 Å². The zero-order chi connectivity index (χ0) is 22.1. The maximum atomic E-state index is 13.1. The van der Waals surface area contributed by atoms with Gasteiger partial charge in [-0.15, -0.1) is 0 Å². The summed E-state index contributed by atoms with van der Waals surface area (Å²) in [5.74, 6) is -1.44. The van der Waals surface area contributed by atoms with Crippen LogP contribution in [0.15, 0.2) is 60.4 Å². The van der Waals surface area contributed by atoms with Crippen LogP contribution in [0.2, 0.25) is 0 Å². The molecule has 0 radical (unpaired) electrons. The molecule has 0 saturated carbocycles. The van der Waals surface area contributed by atoms with E-state index in [0.717, 1.165) is 17.4 Å². The fraction of sp³-hybridized carbons (Fsp3) is 0.292. The normalized spacial score (nSPS) is 18.5. The second kappa shape index (κ2) is 8.35. The average molecular weight is 418 g/mol. The van der Waals surface area contributed by atoms with E-state index in [1.54, 1.807) is 24.5 Å². The molecule has 0 spiro atoms. The highest BCUT2D eigenvalue weighted by molar-refractivity contribution is 6.46. The number of Topliss-reactive ketones (excluding diaryl/α,β-unsaturated/α-hetero) is 1. The number of aryl methyl sites for hydroxylation is 1. The highest BCUT2D eigenvalue weighted by Crippen LogP contribution is 2.40. The van der Waals surface area contributed by atoms with Crippen LogP contribution < -0.4 is 0 Å². The Morgan fingerprint density at radius 1 is 1.13 bits per heavy atom. The van der Waals surface area contributed by atoms with Crippen molar-refractivity contribution in [2.24, 2.45) is 7.05 Å². The van der Waals surface area contributed by atoms with Gasteiger partial charge in [0.05, 0.1) is 11.3 Å². The number of hydrogen-bond acceptors (Lipinski definition) is 5. The fourth-order valence-electron chi connectivity index (χ4n) is 4.19. The molecule has 3 aromatic rings. The van der Waals surface area contributed by atoms with E-state index in [9.17, 15) is 14.7 Å². The van der Waals surface area contributed by atoms with Crippen LogP contribution in [0.3, 0.4) is 0 Å². The van der Waals surface area contributed by atoms with E-state index in [-0.39, 0.29) is 11.3 Å². The Morgan fingerprint density at radius 3 is 2.58 bits per heavy atom. The van der Waals surface area contributed by atoms with Gasteiger partial charge in [0.2, 0.25) is 0 Å². The van der Waals surface area contributed by atoms with E-state index >= 15 is 0 Å². The summed E-state index contributed by atoms with van der Waals surface area (Å²) in [5, 5.41) is 12.1. The number of aliphatic hydroxyl groups is 1. The molecule has 31 heavy (non-hydrogen) atoms. The molecule has 1 fully saturated rings. The van der Waals surface area contributed by atoms with E-state index in [4.69, 9.17) is 0 Å². The zero-order valence-corrected chi connectivity index (χ0v) is 17.9. The minimum absolute atomic E-state index is 0.0879. The summed E-state index contributed by atoms with van der Waals surface area (Å²) in [6, 6.07) is 12.3. The summed E-state index contributed by atoms with van der Waals surface area (Å²) in [4.78, 5) is 34.0. The summed E-state index contributed by atoms with van der Waals surface area (Å²) in [6.45, 7) is 1.18. The van der Waals surface area contributed by atoms with Crippen molar-refractivity contribution in [1.29, 1.82) is 0 Å². The van der Waals surface area contributed by atoms with Crippen molar-refractivity contribution in [3.63, 3.8) is 0 Å². The third kappa shape index (κ3) is 3.72. The van der Waals surface area contributed by atoms with Gasteiger partial charge in [0.15, 0.2) is 0 Å². The van der Waals surface area contributed by atoms with E-state index in [1.807, 2.05) is 60.9 Å². The first kappa shape index (κ1) is 20.8. The summed E-state index contributed by atoms with van der Waals surface area (Å²) in [6.07, 6.45) is 4.12. The molecule has 1 aliphatic heterocycles. The number of ketones is 1. The van der Waals surface area contributed by atoms with Gasteiger partial charge < -0.3 is 19.5 Å². The molecule has 1 N–H and O–H groups in total. The summed E-state index contributed by atoms with van der Waals surface area (Å²) >= 11 is 0. The van der Waals surface area contributed by atoms with Crippen LogP contribution >= 0.6 is 0 Å². The molecule has 1 amide bonds. The fourth-order valence-corrected chi connectivity index (χ4v) is 4.19. The molecule has 1 unspecified atom stereocenters. The lowest BCUT2D eigenvalue weighted by Gasteiger charge is -2.25. The van der Waals surface area contributed by atoms with Crippen LogP contribution in [-0.4, -0.2) is 63.3 Å². The van der Waals surface area contributed by atoms with E-state index in [2.05, 4.69) is 4.98 Å². The van der Waals surface area contributed by atoms with Crippen LogP contribution in [0.1, 0.15) is 23.7 Å². The molecular weight excluding hydrogens is 392 g/mol. The molecule has 7 heteroatoms. The van der Waals surface area contributed by atoms with Crippen LogP contribution in [0.25, 0.3) is 16.7 Å². The number of likely N-dealkylation sites (tertiary alicyclic amines) is 1. The molecule has 1 atom stereocenters. The Bertz CT molecular complexity index is 1160. The Labute approximate surface area is 181 Å². The molecule has 160 valence electrons. The van der Waals surface area contributed by atoms with Crippen molar-refractivity contribution < 1.29 is 14.7 Å². The number of rotatable bonds is 6. The van der Waals surface area contributed by atoms with E-state index in [1.165, 1.54) is 4.90 Å². The van der Waals surface area contributed by atoms with Crippen LogP contribution in [0.5, 0.6) is 0 Å². The number of aliphatic hydroxyl groups excluding tert-OH is 1. The van der Waals surface area contributed by atoms with Crippen LogP contribution in [-0.2, 0) is 16.6 Å². The van der Waals surface area contributed by atoms with Gasteiger partial charge in [-0.2, -0.15) is 0 Å². The third-order valence-corrected chi connectivity index (χ3v) is 5.66. The predicted octanol–water partition coefficient (Wildman–Crippen LogP) is 2.95. The number of benzene rings is 1. The quantitative estimate of drug-likeness (QED) is 0.378. The lowest BCUT2D eigenvalue weighted by molar-refractivity contribution is -0.140. The van der Waals surface area contributed by atoms with Gasteiger partial charge in [0.25, 0.3) is 11.7 Å². The highest BCUT2D eigenvalue weighted by Gasteiger charge is 2.46. The molecule has 7 nitrogen and oxygen atoms in total. The monoisotopic (exact) mass is 418 g/mol. The Hall–Kier alpha value is -3.45. The molecule has 2 aromatic heterocycles. The first-order valence-electron chi connectivity index (χ1n) is 10.3. The smallest absolute Gasteiger partial charge is 0.295 e. The molecule has 1 aromatic carbocycles. The first-order valence-corrected chi connectivity index (χ1v) is 10.3. The van der Waals surface area contributed by atoms with Crippen molar-refractivity contribution in [3.8, 4) is 0 Å². The van der Waals surface area contributed by atoms with Gasteiger partial charge in [0, 0.05) is 42.5 Å². The predicted molar refractivity (Wildman–Crippen MR) is 119 cm³/mol. The SMILES string of the molecule is CN(C)CCCN1C(=O)C(=O)/C(=C(/O)c2cn(C)c3ccccc23)C1c1ccccn1. The van der Waals surface area contributed by atoms with Gasteiger partial charge in [0.1, 0.15) is 11.8 Å². The number of carbonyl (C=O) groups is 2. The molecule has 0 bridgehead atoms. The van der Waals surface area contributed by atoms with Gasteiger partial charge in [-0.1, -0.05) is 24.3 Å². The number of pyridine rings is 1. The number of nitrogens with zero attached hydrogens (tertiary/aromatic N) is 4. The first-order chi connectivity index (χ1) is 14.9. The number of amides is 1. The Balaban J connectivity index is 1.85. The van der Waals surface area contributed by atoms with Gasteiger partial charge >= 0.3 is 0 Å². The molecular formula is C24H26N4O3. The van der Waals surface area contributed by atoms with Crippen molar-refractivity contribution in [1.82, 2.24) is 19.4 Å². The van der Waals surface area contributed by atoms with Gasteiger partial charge in [-0.05, 0) is 45.3 Å². The average Bonchev–Trinajstić information content (AvgIpc) is 3.23. The lowest BCUT2D eigenvalue weighted by Crippen LogP contribution is -2.32. The number of para-hydroxylation sites is 1. The Kier molecular flexibility index (Phi) is 5.61. The van der Waals surface area contributed by atoms with Crippen molar-refractivity contribution in [2.75, 3.05) is 27.2 Å². The standard InChI is InChI=1S/C24H26N4O3/c1-26(2)13-8-14-28-21(18-10-6-7-12-25-18)20(23(30)24(28)31)22(29)17-15-27(3)19-11-5-4-9-16(17)19/h4-7,9-12,15,21,29H,8,13-14H2,1-3H3/b22-20+. The topological polar surface area (TPSA) is 78.7 Å². The van der Waals surface area contributed by atoms with Crippen molar-refractivity contribution in [3.05, 3.63) is 71.7 Å². The third-order valence-electron chi connectivity index (χ3n) is 5.66. The minimum Gasteiger partial charge on any atom is -0.507 e. The summed E-state index contributed by atoms with van der Waals surface area (Å²) < 4.78 is 1.90. The second-order valence-corrected chi connectivity index (χ2v) is 8.07.